The summed E-state index contributed by atoms with van der Waals surface area (Å²) in [7, 11) is 0. The van der Waals surface area contributed by atoms with Gasteiger partial charge in [-0.3, -0.25) is 4.79 Å². The third-order valence-electron chi connectivity index (χ3n) is 1.68. The SMILES string of the molecule is C=CCNCC(=O)NC(C)CC(C)O. The van der Waals surface area contributed by atoms with Crippen LogP contribution in [-0.4, -0.2) is 36.2 Å². The largest absolute Gasteiger partial charge is 0.393 e. The Kier molecular flexibility index (Phi) is 7.06. The first-order valence-electron chi connectivity index (χ1n) is 4.85. The molecule has 0 bridgehead atoms. The molecule has 0 aliphatic heterocycles. The Bertz CT molecular complexity index is 181. The van der Waals surface area contributed by atoms with E-state index in [-0.39, 0.29) is 24.6 Å². The number of carbonyl (C=O) groups is 1. The summed E-state index contributed by atoms with van der Waals surface area (Å²) in [6.45, 7) is 8.02. The Morgan fingerprint density at radius 1 is 1.57 bits per heavy atom. The number of aliphatic hydroxyl groups excluding tert-OH is 1. The van der Waals surface area contributed by atoms with Crippen molar-refractivity contribution in [2.75, 3.05) is 13.1 Å². The van der Waals surface area contributed by atoms with Gasteiger partial charge in [-0.15, -0.1) is 6.58 Å². The lowest BCUT2D eigenvalue weighted by Gasteiger charge is -2.15. The van der Waals surface area contributed by atoms with E-state index in [9.17, 15) is 4.79 Å². The Labute approximate surface area is 85.4 Å². The molecule has 0 rings (SSSR count). The summed E-state index contributed by atoms with van der Waals surface area (Å²) in [4.78, 5) is 11.2. The van der Waals surface area contributed by atoms with E-state index in [0.717, 1.165) is 0 Å². The second-order valence-electron chi connectivity index (χ2n) is 3.47. The minimum absolute atomic E-state index is 0.00744. The van der Waals surface area contributed by atoms with Crippen molar-refractivity contribution in [1.29, 1.82) is 0 Å². The molecule has 0 aromatic heterocycles. The fourth-order valence-corrected chi connectivity index (χ4v) is 1.18. The highest BCUT2D eigenvalue weighted by Crippen LogP contribution is 1.95. The minimum Gasteiger partial charge on any atom is -0.393 e. The summed E-state index contributed by atoms with van der Waals surface area (Å²) >= 11 is 0. The Morgan fingerprint density at radius 3 is 2.71 bits per heavy atom. The van der Waals surface area contributed by atoms with Crippen LogP contribution in [0.2, 0.25) is 0 Å². The first-order valence-corrected chi connectivity index (χ1v) is 4.85. The first-order chi connectivity index (χ1) is 6.56. The number of aliphatic hydroxyl groups is 1. The van der Waals surface area contributed by atoms with E-state index >= 15 is 0 Å². The highest BCUT2D eigenvalue weighted by Gasteiger charge is 2.08. The maximum atomic E-state index is 11.2. The standard InChI is InChI=1S/C10H20N2O2/c1-4-5-11-7-10(14)12-8(2)6-9(3)13/h4,8-9,11,13H,1,5-7H2,2-3H3,(H,12,14). The summed E-state index contributed by atoms with van der Waals surface area (Å²) in [6, 6.07) is 0.00744. The Balaban J connectivity index is 3.55. The quantitative estimate of drug-likeness (QED) is 0.401. The maximum absolute atomic E-state index is 11.2. The highest BCUT2D eigenvalue weighted by molar-refractivity contribution is 5.78. The summed E-state index contributed by atoms with van der Waals surface area (Å²) in [5.41, 5.74) is 0. The van der Waals surface area contributed by atoms with Crippen molar-refractivity contribution in [2.45, 2.75) is 32.4 Å². The first kappa shape index (κ1) is 13.1. The molecule has 0 aromatic rings. The fourth-order valence-electron chi connectivity index (χ4n) is 1.18. The van der Waals surface area contributed by atoms with Gasteiger partial charge in [-0.05, 0) is 20.3 Å². The van der Waals surface area contributed by atoms with Crippen LogP contribution in [0, 0.1) is 0 Å². The summed E-state index contributed by atoms with van der Waals surface area (Å²) in [5.74, 6) is -0.0556. The minimum atomic E-state index is -0.383. The van der Waals surface area contributed by atoms with Crippen LogP contribution in [-0.2, 0) is 4.79 Å². The number of nitrogens with one attached hydrogen (secondary N) is 2. The topological polar surface area (TPSA) is 61.4 Å². The molecule has 0 fully saturated rings. The van der Waals surface area contributed by atoms with Gasteiger partial charge in [0.1, 0.15) is 0 Å². The molecule has 0 spiro atoms. The normalized spacial score (nSPS) is 14.5. The van der Waals surface area contributed by atoms with Crippen LogP contribution >= 0.6 is 0 Å². The second kappa shape index (κ2) is 7.53. The lowest BCUT2D eigenvalue weighted by atomic mass is 10.1. The zero-order chi connectivity index (χ0) is 11.0. The molecule has 14 heavy (non-hydrogen) atoms. The molecular weight excluding hydrogens is 180 g/mol. The van der Waals surface area contributed by atoms with Crippen LogP contribution in [0.1, 0.15) is 20.3 Å². The van der Waals surface area contributed by atoms with Crippen molar-refractivity contribution in [2.24, 2.45) is 0 Å². The maximum Gasteiger partial charge on any atom is 0.234 e. The van der Waals surface area contributed by atoms with E-state index in [4.69, 9.17) is 5.11 Å². The lowest BCUT2D eigenvalue weighted by molar-refractivity contribution is -0.120. The van der Waals surface area contributed by atoms with Crippen molar-refractivity contribution in [1.82, 2.24) is 10.6 Å². The molecule has 2 atom stereocenters. The monoisotopic (exact) mass is 200 g/mol. The van der Waals surface area contributed by atoms with Crippen LogP contribution in [0.5, 0.6) is 0 Å². The van der Waals surface area contributed by atoms with Crippen molar-refractivity contribution in [3.05, 3.63) is 12.7 Å². The molecule has 4 heteroatoms. The zero-order valence-corrected chi connectivity index (χ0v) is 8.92. The van der Waals surface area contributed by atoms with Gasteiger partial charge in [0.15, 0.2) is 0 Å². The van der Waals surface area contributed by atoms with Crippen molar-refractivity contribution >= 4 is 5.91 Å². The molecule has 2 unspecified atom stereocenters. The van der Waals surface area contributed by atoms with Gasteiger partial charge in [0.2, 0.25) is 5.91 Å². The number of hydrogen-bond donors (Lipinski definition) is 3. The average molecular weight is 200 g/mol. The second-order valence-corrected chi connectivity index (χ2v) is 3.47. The van der Waals surface area contributed by atoms with Gasteiger partial charge in [0, 0.05) is 12.6 Å². The number of rotatable bonds is 7. The molecule has 1 amide bonds. The van der Waals surface area contributed by atoms with Crippen LogP contribution < -0.4 is 10.6 Å². The van der Waals surface area contributed by atoms with Crippen molar-refractivity contribution in [3.8, 4) is 0 Å². The van der Waals surface area contributed by atoms with E-state index in [1.807, 2.05) is 6.92 Å². The van der Waals surface area contributed by atoms with E-state index in [2.05, 4.69) is 17.2 Å². The number of carbonyl (C=O) groups excluding carboxylic acids is 1. The molecule has 0 aromatic carbocycles. The molecule has 0 radical (unpaired) electrons. The van der Waals surface area contributed by atoms with Gasteiger partial charge in [-0.25, -0.2) is 0 Å². The van der Waals surface area contributed by atoms with Gasteiger partial charge in [-0.1, -0.05) is 6.08 Å². The van der Waals surface area contributed by atoms with Gasteiger partial charge in [-0.2, -0.15) is 0 Å². The Hall–Kier alpha value is -0.870. The van der Waals surface area contributed by atoms with E-state index in [1.54, 1.807) is 13.0 Å². The molecule has 0 heterocycles. The number of amides is 1. The van der Waals surface area contributed by atoms with Gasteiger partial charge < -0.3 is 15.7 Å². The van der Waals surface area contributed by atoms with E-state index in [1.165, 1.54) is 0 Å². The highest BCUT2D eigenvalue weighted by atomic mass is 16.3. The lowest BCUT2D eigenvalue weighted by Crippen LogP contribution is -2.40. The molecule has 0 aliphatic rings. The van der Waals surface area contributed by atoms with Crippen LogP contribution in [0.4, 0.5) is 0 Å². The number of hydrogen-bond acceptors (Lipinski definition) is 3. The predicted molar refractivity (Wildman–Crippen MR) is 57.0 cm³/mol. The molecule has 3 N–H and O–H groups in total. The molecule has 0 saturated heterocycles. The summed E-state index contributed by atoms with van der Waals surface area (Å²) < 4.78 is 0. The van der Waals surface area contributed by atoms with E-state index < -0.39 is 0 Å². The summed E-state index contributed by atoms with van der Waals surface area (Å²) in [6.07, 6.45) is 1.89. The van der Waals surface area contributed by atoms with Gasteiger partial charge in [0.25, 0.3) is 0 Å². The van der Waals surface area contributed by atoms with Crippen molar-refractivity contribution in [3.63, 3.8) is 0 Å². The summed E-state index contributed by atoms with van der Waals surface area (Å²) in [5, 5.41) is 14.7. The molecule has 0 saturated carbocycles. The smallest absolute Gasteiger partial charge is 0.234 e. The fraction of sp³-hybridized carbons (Fsp3) is 0.700. The van der Waals surface area contributed by atoms with Gasteiger partial charge in [0.05, 0.1) is 12.6 Å². The van der Waals surface area contributed by atoms with Crippen LogP contribution in [0.25, 0.3) is 0 Å². The molecule has 4 nitrogen and oxygen atoms in total. The molecular formula is C10H20N2O2. The van der Waals surface area contributed by atoms with Gasteiger partial charge >= 0.3 is 0 Å². The zero-order valence-electron chi connectivity index (χ0n) is 8.92. The average Bonchev–Trinajstić information content (AvgIpc) is 2.02. The molecule has 0 aliphatic carbocycles. The molecule has 82 valence electrons. The van der Waals surface area contributed by atoms with Crippen molar-refractivity contribution < 1.29 is 9.90 Å². The third-order valence-corrected chi connectivity index (χ3v) is 1.68. The third kappa shape index (κ3) is 7.76. The van der Waals surface area contributed by atoms with E-state index in [0.29, 0.717) is 13.0 Å². The Morgan fingerprint density at radius 2 is 2.21 bits per heavy atom. The van der Waals surface area contributed by atoms with Crippen LogP contribution in [0.3, 0.4) is 0 Å². The predicted octanol–water partition coefficient (Wildman–Crippen LogP) is 0.0376. The van der Waals surface area contributed by atoms with Crippen LogP contribution in [0.15, 0.2) is 12.7 Å².